The predicted octanol–water partition coefficient (Wildman–Crippen LogP) is 3.87. The number of nitrogens with one attached hydrogen (secondary N) is 1. The van der Waals surface area contributed by atoms with Crippen LogP contribution >= 0.6 is 0 Å². The lowest BCUT2D eigenvalue weighted by Crippen LogP contribution is -2.30. The quantitative estimate of drug-likeness (QED) is 0.835. The Labute approximate surface area is 144 Å². The van der Waals surface area contributed by atoms with Crippen LogP contribution in [0.4, 0.5) is 24.7 Å². The number of pyridine rings is 1. The first kappa shape index (κ1) is 19.2. The zero-order chi connectivity index (χ0) is 18.7. The number of hydrogen-bond donors (Lipinski definition) is 1. The zero-order valence-corrected chi connectivity index (χ0v) is 14.5. The molecule has 0 aliphatic carbocycles. The van der Waals surface area contributed by atoms with Crippen molar-refractivity contribution in [3.05, 3.63) is 48.2 Å². The van der Waals surface area contributed by atoms with E-state index in [0.717, 1.165) is 12.1 Å². The highest BCUT2D eigenvalue weighted by Gasteiger charge is 2.30. The highest BCUT2D eigenvalue weighted by atomic mass is 32.2. The van der Waals surface area contributed by atoms with Gasteiger partial charge in [0.1, 0.15) is 10.7 Å². The Morgan fingerprint density at radius 2 is 1.80 bits per heavy atom. The SMILES string of the molecule is CCN(CC)S(=O)(=O)c1ccc(Nc2cccc(C(F)(F)F)c2)nc1. The third-order valence-electron chi connectivity index (χ3n) is 3.54. The van der Waals surface area contributed by atoms with E-state index in [2.05, 4.69) is 10.3 Å². The van der Waals surface area contributed by atoms with Crippen LogP contribution in [0.2, 0.25) is 0 Å². The van der Waals surface area contributed by atoms with Crippen LogP contribution in [-0.4, -0.2) is 30.8 Å². The molecule has 25 heavy (non-hydrogen) atoms. The first-order valence-electron chi connectivity index (χ1n) is 7.59. The molecule has 0 bridgehead atoms. The average Bonchev–Trinajstić information content (AvgIpc) is 2.56. The number of nitrogens with zero attached hydrogens (tertiary/aromatic N) is 2. The summed E-state index contributed by atoms with van der Waals surface area (Å²) in [5.74, 6) is 0.248. The van der Waals surface area contributed by atoms with Crippen LogP contribution in [0, 0.1) is 0 Å². The molecule has 136 valence electrons. The van der Waals surface area contributed by atoms with E-state index < -0.39 is 21.8 Å². The van der Waals surface area contributed by atoms with Crippen molar-refractivity contribution in [3.8, 4) is 0 Å². The normalized spacial score (nSPS) is 12.4. The van der Waals surface area contributed by atoms with Gasteiger partial charge in [-0.15, -0.1) is 0 Å². The second kappa shape index (κ2) is 7.40. The van der Waals surface area contributed by atoms with Gasteiger partial charge in [0.15, 0.2) is 0 Å². The molecule has 1 N–H and O–H groups in total. The van der Waals surface area contributed by atoms with E-state index in [1.807, 2.05) is 0 Å². The second-order valence-electron chi connectivity index (χ2n) is 5.17. The second-order valence-corrected chi connectivity index (χ2v) is 7.11. The predicted molar refractivity (Wildman–Crippen MR) is 89.1 cm³/mol. The molecule has 9 heteroatoms. The van der Waals surface area contributed by atoms with Crippen LogP contribution < -0.4 is 5.32 Å². The molecule has 2 rings (SSSR count). The number of aromatic nitrogens is 1. The topological polar surface area (TPSA) is 62.3 Å². The largest absolute Gasteiger partial charge is 0.416 e. The standard InChI is InChI=1S/C16H18F3N3O2S/c1-3-22(4-2)25(23,24)14-8-9-15(20-11-14)21-13-7-5-6-12(10-13)16(17,18)19/h5-11H,3-4H2,1-2H3,(H,20,21). The third-order valence-corrected chi connectivity index (χ3v) is 5.58. The lowest BCUT2D eigenvalue weighted by atomic mass is 10.2. The summed E-state index contributed by atoms with van der Waals surface area (Å²) < 4.78 is 64.2. The van der Waals surface area contributed by atoms with Crippen LogP contribution in [0.15, 0.2) is 47.5 Å². The molecular formula is C16H18F3N3O2S. The van der Waals surface area contributed by atoms with Crippen LogP contribution in [0.5, 0.6) is 0 Å². The summed E-state index contributed by atoms with van der Waals surface area (Å²) in [7, 11) is -3.62. The Bertz CT molecular complexity index is 817. The summed E-state index contributed by atoms with van der Waals surface area (Å²) in [5, 5.41) is 2.73. The maximum absolute atomic E-state index is 12.7. The van der Waals surface area contributed by atoms with Crippen LogP contribution in [0.3, 0.4) is 0 Å². The molecule has 0 radical (unpaired) electrons. The van der Waals surface area contributed by atoms with E-state index in [9.17, 15) is 21.6 Å². The molecule has 0 saturated carbocycles. The van der Waals surface area contributed by atoms with Crippen molar-refractivity contribution in [1.29, 1.82) is 0 Å². The van der Waals surface area contributed by atoms with Crippen LogP contribution in [-0.2, 0) is 16.2 Å². The Morgan fingerprint density at radius 1 is 1.12 bits per heavy atom. The van der Waals surface area contributed by atoms with Crippen molar-refractivity contribution >= 4 is 21.5 Å². The van der Waals surface area contributed by atoms with E-state index in [1.165, 1.54) is 34.8 Å². The van der Waals surface area contributed by atoms with Crippen LogP contribution in [0.25, 0.3) is 0 Å². The van der Waals surface area contributed by atoms with Gasteiger partial charge in [-0.1, -0.05) is 19.9 Å². The summed E-state index contributed by atoms with van der Waals surface area (Å²) in [6.45, 7) is 4.14. The van der Waals surface area contributed by atoms with Gasteiger partial charge < -0.3 is 5.32 Å². The van der Waals surface area contributed by atoms with E-state index in [4.69, 9.17) is 0 Å². The molecule has 0 saturated heterocycles. The molecule has 0 unspecified atom stereocenters. The van der Waals surface area contributed by atoms with Crippen molar-refractivity contribution < 1.29 is 21.6 Å². The average molecular weight is 373 g/mol. The zero-order valence-electron chi connectivity index (χ0n) is 13.7. The molecule has 5 nitrogen and oxygen atoms in total. The van der Waals surface area contributed by atoms with E-state index in [0.29, 0.717) is 13.1 Å². The highest BCUT2D eigenvalue weighted by Crippen LogP contribution is 2.31. The Hall–Kier alpha value is -2.13. The minimum absolute atomic E-state index is 0.0331. The number of sulfonamides is 1. The van der Waals surface area contributed by atoms with Gasteiger partial charge in [-0.25, -0.2) is 13.4 Å². The minimum atomic E-state index is -4.44. The van der Waals surface area contributed by atoms with E-state index >= 15 is 0 Å². The van der Waals surface area contributed by atoms with Crippen LogP contribution in [0.1, 0.15) is 19.4 Å². The summed E-state index contributed by atoms with van der Waals surface area (Å²) in [5.41, 5.74) is -0.570. The Balaban J connectivity index is 2.22. The monoisotopic (exact) mass is 373 g/mol. The summed E-state index contributed by atoms with van der Waals surface area (Å²) in [6.07, 6.45) is -3.25. The van der Waals surface area contributed by atoms with Gasteiger partial charge in [0.25, 0.3) is 0 Å². The van der Waals surface area contributed by atoms with Crippen molar-refractivity contribution in [2.75, 3.05) is 18.4 Å². The maximum atomic E-state index is 12.7. The Morgan fingerprint density at radius 3 is 2.32 bits per heavy atom. The molecular weight excluding hydrogens is 355 g/mol. The highest BCUT2D eigenvalue weighted by molar-refractivity contribution is 7.89. The molecule has 2 aromatic rings. The number of halogens is 3. The first-order valence-corrected chi connectivity index (χ1v) is 9.03. The van der Waals surface area contributed by atoms with Gasteiger partial charge in [-0.3, -0.25) is 0 Å². The number of hydrogen-bond acceptors (Lipinski definition) is 4. The van der Waals surface area contributed by atoms with E-state index in [-0.39, 0.29) is 16.4 Å². The minimum Gasteiger partial charge on any atom is -0.340 e. The summed E-state index contributed by atoms with van der Waals surface area (Å²) in [6, 6.07) is 7.47. The van der Waals surface area contributed by atoms with Crippen molar-refractivity contribution in [2.24, 2.45) is 0 Å². The molecule has 0 aliphatic heterocycles. The molecule has 0 atom stereocenters. The van der Waals surface area contributed by atoms with E-state index in [1.54, 1.807) is 13.8 Å². The number of alkyl halides is 3. The van der Waals surface area contributed by atoms with Gasteiger partial charge in [0.05, 0.1) is 5.56 Å². The lowest BCUT2D eigenvalue weighted by Gasteiger charge is -2.18. The summed E-state index contributed by atoms with van der Waals surface area (Å²) >= 11 is 0. The fourth-order valence-electron chi connectivity index (χ4n) is 2.24. The van der Waals surface area contributed by atoms with Gasteiger partial charge in [-0.05, 0) is 30.3 Å². The third kappa shape index (κ3) is 4.49. The Kier molecular flexibility index (Phi) is 5.69. The molecule has 0 aliphatic rings. The number of rotatable bonds is 6. The number of benzene rings is 1. The molecule has 0 amide bonds. The molecule has 0 fully saturated rings. The molecule has 1 aromatic heterocycles. The van der Waals surface area contributed by atoms with Gasteiger partial charge in [0, 0.05) is 25.0 Å². The smallest absolute Gasteiger partial charge is 0.340 e. The maximum Gasteiger partial charge on any atom is 0.416 e. The first-order chi connectivity index (χ1) is 11.7. The molecule has 1 aromatic carbocycles. The lowest BCUT2D eigenvalue weighted by molar-refractivity contribution is -0.137. The van der Waals surface area contributed by atoms with Crippen molar-refractivity contribution in [1.82, 2.24) is 9.29 Å². The number of anilines is 2. The van der Waals surface area contributed by atoms with Gasteiger partial charge in [-0.2, -0.15) is 17.5 Å². The fourth-order valence-corrected chi connectivity index (χ4v) is 3.64. The molecule has 1 heterocycles. The van der Waals surface area contributed by atoms with Crippen molar-refractivity contribution in [3.63, 3.8) is 0 Å². The fraction of sp³-hybridized carbons (Fsp3) is 0.312. The van der Waals surface area contributed by atoms with Gasteiger partial charge >= 0.3 is 6.18 Å². The molecule has 0 spiro atoms. The van der Waals surface area contributed by atoms with Gasteiger partial charge in [0.2, 0.25) is 10.0 Å². The summed E-state index contributed by atoms with van der Waals surface area (Å²) in [4.78, 5) is 4.02. The van der Waals surface area contributed by atoms with Crippen molar-refractivity contribution in [2.45, 2.75) is 24.9 Å².